The van der Waals surface area contributed by atoms with E-state index in [4.69, 9.17) is 11.6 Å². The summed E-state index contributed by atoms with van der Waals surface area (Å²) in [5.74, 6) is 0. The molecule has 0 aliphatic heterocycles. The Kier molecular flexibility index (Phi) is 4.65. The van der Waals surface area contributed by atoms with Crippen molar-refractivity contribution in [3.63, 3.8) is 0 Å². The third kappa shape index (κ3) is 3.46. The molecule has 2 rings (SSSR count). The Hall–Kier alpha value is -0.580. The summed E-state index contributed by atoms with van der Waals surface area (Å²) < 4.78 is 1.94. The van der Waals surface area contributed by atoms with E-state index in [0.717, 1.165) is 30.9 Å². The summed E-state index contributed by atoms with van der Waals surface area (Å²) in [6.07, 6.45) is 1.79. The van der Waals surface area contributed by atoms with Gasteiger partial charge in [-0.05, 0) is 68.6 Å². The molecule has 0 amide bonds. The number of hydrogen-bond donors (Lipinski definition) is 1. The van der Waals surface area contributed by atoms with Crippen LogP contribution in [-0.4, -0.2) is 4.98 Å². The van der Waals surface area contributed by atoms with Crippen molar-refractivity contribution in [1.82, 2.24) is 4.98 Å². The molecule has 0 saturated heterocycles. The zero-order valence-electron chi connectivity index (χ0n) is 9.67. The molecular weight excluding hydrogens is 379 g/mol. The highest BCUT2D eigenvalue weighted by Gasteiger charge is 2.04. The average Bonchev–Trinajstić information content (AvgIpc) is 2.30. The quantitative estimate of drug-likeness (QED) is 0.781. The lowest BCUT2D eigenvalue weighted by atomic mass is 10.2. The summed E-state index contributed by atoms with van der Waals surface area (Å²) in [5.41, 5.74) is 3.15. The minimum Gasteiger partial charge on any atom is -0.379 e. The molecule has 1 N–H and O–H groups in total. The second-order valence-electron chi connectivity index (χ2n) is 3.89. The SMILES string of the molecule is Cc1cc(Cl)ccc1NCc1ncc(Br)cc1Br. The van der Waals surface area contributed by atoms with E-state index in [1.54, 1.807) is 6.20 Å². The fraction of sp³-hybridized carbons (Fsp3) is 0.154. The Morgan fingerprint density at radius 3 is 2.72 bits per heavy atom. The third-order valence-corrected chi connectivity index (χ3v) is 3.87. The Labute approximate surface area is 128 Å². The van der Waals surface area contributed by atoms with Crippen LogP contribution in [0.5, 0.6) is 0 Å². The molecule has 1 aromatic carbocycles. The van der Waals surface area contributed by atoms with Gasteiger partial charge in [-0.2, -0.15) is 0 Å². The number of nitrogens with one attached hydrogen (secondary N) is 1. The largest absolute Gasteiger partial charge is 0.379 e. The normalized spacial score (nSPS) is 10.4. The number of aromatic nitrogens is 1. The maximum absolute atomic E-state index is 5.92. The first-order chi connectivity index (χ1) is 8.56. The summed E-state index contributed by atoms with van der Waals surface area (Å²) in [5, 5.41) is 4.10. The molecule has 18 heavy (non-hydrogen) atoms. The van der Waals surface area contributed by atoms with Crippen molar-refractivity contribution in [1.29, 1.82) is 0 Å². The van der Waals surface area contributed by atoms with Gasteiger partial charge in [-0.15, -0.1) is 0 Å². The van der Waals surface area contributed by atoms with Crippen LogP contribution >= 0.6 is 43.5 Å². The first-order valence-electron chi connectivity index (χ1n) is 5.36. The Morgan fingerprint density at radius 2 is 2.06 bits per heavy atom. The standard InChI is InChI=1S/C13H11Br2ClN2/c1-8-4-10(16)2-3-12(8)18-7-13-11(15)5-9(14)6-17-13/h2-6,18H,7H2,1H3. The smallest absolute Gasteiger partial charge is 0.0737 e. The van der Waals surface area contributed by atoms with Gasteiger partial charge in [-0.3, -0.25) is 4.98 Å². The van der Waals surface area contributed by atoms with Crippen LogP contribution in [0, 0.1) is 6.92 Å². The van der Waals surface area contributed by atoms with E-state index in [9.17, 15) is 0 Å². The highest BCUT2D eigenvalue weighted by Crippen LogP contribution is 2.23. The fourth-order valence-electron chi connectivity index (χ4n) is 1.58. The van der Waals surface area contributed by atoms with Crippen LogP contribution in [0.1, 0.15) is 11.3 Å². The molecule has 1 heterocycles. The van der Waals surface area contributed by atoms with Crippen LogP contribution in [0.2, 0.25) is 5.02 Å². The van der Waals surface area contributed by atoms with Crippen LogP contribution in [-0.2, 0) is 6.54 Å². The number of nitrogens with zero attached hydrogens (tertiary/aromatic N) is 1. The third-order valence-electron chi connectivity index (χ3n) is 2.52. The molecule has 94 valence electrons. The van der Waals surface area contributed by atoms with Crippen molar-refractivity contribution < 1.29 is 0 Å². The van der Waals surface area contributed by atoms with E-state index in [-0.39, 0.29) is 0 Å². The summed E-state index contributed by atoms with van der Waals surface area (Å²) in [7, 11) is 0. The maximum Gasteiger partial charge on any atom is 0.0737 e. The van der Waals surface area contributed by atoms with Crippen LogP contribution < -0.4 is 5.32 Å². The summed E-state index contributed by atoms with van der Waals surface area (Å²) in [6, 6.07) is 7.78. The Balaban J connectivity index is 2.11. The first kappa shape index (κ1) is 13.8. The second kappa shape index (κ2) is 6.04. The molecule has 0 saturated carbocycles. The number of halogens is 3. The lowest BCUT2D eigenvalue weighted by molar-refractivity contribution is 1.02. The molecule has 5 heteroatoms. The van der Waals surface area contributed by atoms with Crippen LogP contribution in [0.4, 0.5) is 5.69 Å². The lowest BCUT2D eigenvalue weighted by Gasteiger charge is -2.10. The molecule has 0 radical (unpaired) electrons. The van der Waals surface area contributed by atoms with Crippen LogP contribution in [0.3, 0.4) is 0 Å². The van der Waals surface area contributed by atoms with Gasteiger partial charge in [0, 0.05) is 25.9 Å². The fourth-order valence-corrected chi connectivity index (χ4v) is 2.93. The van der Waals surface area contributed by atoms with Crippen LogP contribution in [0.15, 0.2) is 39.4 Å². The van der Waals surface area contributed by atoms with Crippen molar-refractivity contribution in [2.45, 2.75) is 13.5 Å². The molecule has 0 aliphatic rings. The van der Waals surface area contributed by atoms with Gasteiger partial charge in [-0.1, -0.05) is 11.6 Å². The minimum absolute atomic E-state index is 0.663. The van der Waals surface area contributed by atoms with Gasteiger partial charge in [0.15, 0.2) is 0 Å². The average molecular weight is 391 g/mol. The number of rotatable bonds is 3. The molecule has 0 fully saturated rings. The van der Waals surface area contributed by atoms with Gasteiger partial charge >= 0.3 is 0 Å². The van der Waals surface area contributed by atoms with E-state index >= 15 is 0 Å². The van der Waals surface area contributed by atoms with E-state index in [1.165, 1.54) is 0 Å². The molecule has 0 aliphatic carbocycles. The molecule has 1 aromatic heterocycles. The number of anilines is 1. The maximum atomic E-state index is 5.92. The van der Waals surface area contributed by atoms with Crippen molar-refractivity contribution in [3.05, 3.63) is 55.7 Å². The van der Waals surface area contributed by atoms with Gasteiger partial charge in [0.05, 0.1) is 12.2 Å². The van der Waals surface area contributed by atoms with Crippen molar-refractivity contribution in [2.75, 3.05) is 5.32 Å². The number of hydrogen-bond acceptors (Lipinski definition) is 2. The van der Waals surface area contributed by atoms with Gasteiger partial charge in [0.2, 0.25) is 0 Å². The highest BCUT2D eigenvalue weighted by atomic mass is 79.9. The zero-order chi connectivity index (χ0) is 13.1. The predicted molar refractivity (Wildman–Crippen MR) is 83.2 cm³/mol. The molecular formula is C13H11Br2ClN2. The lowest BCUT2D eigenvalue weighted by Crippen LogP contribution is -2.03. The van der Waals surface area contributed by atoms with E-state index in [2.05, 4.69) is 42.2 Å². The van der Waals surface area contributed by atoms with Gasteiger partial charge in [0.1, 0.15) is 0 Å². The molecule has 0 unspecified atom stereocenters. The molecule has 0 atom stereocenters. The highest BCUT2D eigenvalue weighted by molar-refractivity contribution is 9.11. The summed E-state index contributed by atoms with van der Waals surface area (Å²) >= 11 is 12.8. The second-order valence-corrected chi connectivity index (χ2v) is 6.10. The van der Waals surface area contributed by atoms with Gasteiger partial charge in [0.25, 0.3) is 0 Å². The zero-order valence-corrected chi connectivity index (χ0v) is 13.6. The summed E-state index contributed by atoms with van der Waals surface area (Å²) in [4.78, 5) is 4.36. The predicted octanol–water partition coefficient (Wildman–Crippen LogP) is 5.18. The topological polar surface area (TPSA) is 24.9 Å². The van der Waals surface area contributed by atoms with E-state index < -0.39 is 0 Å². The van der Waals surface area contributed by atoms with Gasteiger partial charge < -0.3 is 5.32 Å². The molecule has 2 nitrogen and oxygen atoms in total. The van der Waals surface area contributed by atoms with Crippen molar-refractivity contribution in [3.8, 4) is 0 Å². The molecule has 2 aromatic rings. The van der Waals surface area contributed by atoms with Gasteiger partial charge in [-0.25, -0.2) is 0 Å². The molecule has 0 spiro atoms. The summed E-state index contributed by atoms with van der Waals surface area (Å²) in [6.45, 7) is 2.69. The first-order valence-corrected chi connectivity index (χ1v) is 7.32. The van der Waals surface area contributed by atoms with E-state index in [1.807, 2.05) is 31.2 Å². The number of benzene rings is 1. The van der Waals surface area contributed by atoms with E-state index in [0.29, 0.717) is 6.54 Å². The van der Waals surface area contributed by atoms with Crippen molar-refractivity contribution in [2.24, 2.45) is 0 Å². The number of aryl methyl sites for hydroxylation is 1. The molecule has 0 bridgehead atoms. The van der Waals surface area contributed by atoms with Crippen LogP contribution in [0.25, 0.3) is 0 Å². The van der Waals surface area contributed by atoms with Crippen molar-refractivity contribution >= 4 is 49.1 Å². The Bertz CT molecular complexity index is 521. The minimum atomic E-state index is 0.663. The monoisotopic (exact) mass is 388 g/mol. The Morgan fingerprint density at radius 1 is 1.28 bits per heavy atom. The number of pyridine rings is 1.